The lowest BCUT2D eigenvalue weighted by Crippen LogP contribution is -2.33. The van der Waals surface area contributed by atoms with Crippen molar-refractivity contribution in [2.45, 2.75) is 97.8 Å². The standard InChI is InChI=1S/C20H37Cl/c1-19(2,3)16-8-6-15(7-9-16)14-20(4,5)17-10-12-18(21)13-11-17/h15-18H,6-14H2,1-5H3. The highest BCUT2D eigenvalue weighted by Crippen LogP contribution is 2.47. The van der Waals surface area contributed by atoms with Crippen molar-refractivity contribution < 1.29 is 0 Å². The van der Waals surface area contributed by atoms with Gasteiger partial charge >= 0.3 is 0 Å². The molecule has 0 heterocycles. The maximum Gasteiger partial charge on any atom is 0.0336 e. The minimum atomic E-state index is 0.458. The van der Waals surface area contributed by atoms with Crippen LogP contribution in [0.4, 0.5) is 0 Å². The van der Waals surface area contributed by atoms with Crippen LogP contribution in [-0.2, 0) is 0 Å². The first-order chi connectivity index (χ1) is 9.68. The summed E-state index contributed by atoms with van der Waals surface area (Å²) in [6.45, 7) is 12.3. The first-order valence-electron chi connectivity index (χ1n) is 9.32. The highest BCUT2D eigenvalue weighted by Gasteiger charge is 2.36. The van der Waals surface area contributed by atoms with E-state index in [2.05, 4.69) is 34.6 Å². The molecule has 0 N–H and O–H groups in total. The van der Waals surface area contributed by atoms with Crippen molar-refractivity contribution in [1.82, 2.24) is 0 Å². The number of alkyl halides is 1. The molecule has 2 rings (SSSR count). The molecule has 2 fully saturated rings. The molecule has 0 aliphatic heterocycles. The molecule has 0 aromatic carbocycles. The summed E-state index contributed by atoms with van der Waals surface area (Å²) < 4.78 is 0. The molecule has 0 bridgehead atoms. The highest BCUT2D eigenvalue weighted by atomic mass is 35.5. The molecule has 1 heteroatoms. The van der Waals surface area contributed by atoms with E-state index in [1.807, 2.05) is 0 Å². The molecule has 0 nitrogen and oxygen atoms in total. The summed E-state index contributed by atoms with van der Waals surface area (Å²) in [4.78, 5) is 0. The Balaban J connectivity index is 1.82. The summed E-state index contributed by atoms with van der Waals surface area (Å²) in [5, 5.41) is 0.458. The lowest BCUT2D eigenvalue weighted by molar-refractivity contribution is 0.0847. The van der Waals surface area contributed by atoms with Crippen molar-refractivity contribution >= 4 is 11.6 Å². The van der Waals surface area contributed by atoms with E-state index in [1.54, 1.807) is 0 Å². The zero-order valence-corrected chi connectivity index (χ0v) is 15.8. The van der Waals surface area contributed by atoms with E-state index in [0.29, 0.717) is 16.2 Å². The fourth-order valence-electron chi connectivity index (χ4n) is 4.98. The van der Waals surface area contributed by atoms with Crippen molar-refractivity contribution in [3.05, 3.63) is 0 Å². The predicted octanol–water partition coefficient (Wildman–Crippen LogP) is 7.05. The van der Waals surface area contributed by atoms with Crippen LogP contribution in [0.1, 0.15) is 92.4 Å². The first kappa shape index (κ1) is 17.6. The van der Waals surface area contributed by atoms with E-state index in [9.17, 15) is 0 Å². The second-order valence-electron chi connectivity index (χ2n) is 9.73. The van der Waals surface area contributed by atoms with E-state index in [0.717, 1.165) is 17.8 Å². The van der Waals surface area contributed by atoms with Gasteiger partial charge in [0.25, 0.3) is 0 Å². The van der Waals surface area contributed by atoms with Crippen LogP contribution in [-0.4, -0.2) is 5.38 Å². The predicted molar refractivity (Wildman–Crippen MR) is 94.9 cm³/mol. The Morgan fingerprint density at radius 3 is 1.67 bits per heavy atom. The molecule has 0 amide bonds. The third kappa shape index (κ3) is 4.88. The molecule has 0 saturated heterocycles. The summed E-state index contributed by atoms with van der Waals surface area (Å²) in [5.74, 6) is 2.84. The molecular formula is C20H37Cl. The van der Waals surface area contributed by atoms with Gasteiger partial charge in [-0.3, -0.25) is 0 Å². The van der Waals surface area contributed by atoms with E-state index < -0.39 is 0 Å². The van der Waals surface area contributed by atoms with Gasteiger partial charge in [0.15, 0.2) is 0 Å². The molecule has 2 aliphatic rings. The van der Waals surface area contributed by atoms with Gasteiger partial charge in [0.1, 0.15) is 0 Å². The van der Waals surface area contributed by atoms with Gasteiger partial charge in [-0.25, -0.2) is 0 Å². The van der Waals surface area contributed by atoms with Crippen LogP contribution in [0, 0.1) is 28.6 Å². The van der Waals surface area contributed by atoms with Crippen LogP contribution in [0.15, 0.2) is 0 Å². The Hall–Kier alpha value is 0.290. The maximum atomic E-state index is 6.28. The van der Waals surface area contributed by atoms with Gasteiger partial charge < -0.3 is 0 Å². The molecule has 2 saturated carbocycles. The third-order valence-electron chi connectivity index (χ3n) is 6.65. The average molecular weight is 313 g/mol. The molecule has 2 aliphatic carbocycles. The Kier molecular flexibility index (Phi) is 5.72. The molecule has 0 atom stereocenters. The summed E-state index contributed by atoms with van der Waals surface area (Å²) in [5.41, 5.74) is 1.04. The number of hydrogen-bond donors (Lipinski definition) is 0. The second-order valence-corrected chi connectivity index (χ2v) is 10.3. The number of rotatable bonds is 3. The Morgan fingerprint density at radius 1 is 0.714 bits per heavy atom. The minimum Gasteiger partial charge on any atom is -0.123 e. The Bertz CT molecular complexity index is 309. The van der Waals surface area contributed by atoms with Crippen molar-refractivity contribution in [2.75, 3.05) is 0 Å². The van der Waals surface area contributed by atoms with Crippen LogP contribution in [0.3, 0.4) is 0 Å². The monoisotopic (exact) mass is 312 g/mol. The smallest absolute Gasteiger partial charge is 0.0336 e. The SMILES string of the molecule is CC(C)(C)C1CCC(CC(C)(C)C2CCC(Cl)CC2)CC1. The van der Waals surface area contributed by atoms with E-state index >= 15 is 0 Å². The molecule has 124 valence electrons. The summed E-state index contributed by atoms with van der Waals surface area (Å²) in [6, 6.07) is 0. The van der Waals surface area contributed by atoms with Crippen molar-refractivity contribution in [3.63, 3.8) is 0 Å². The second kappa shape index (κ2) is 6.81. The highest BCUT2D eigenvalue weighted by molar-refractivity contribution is 6.20. The molecule has 0 aromatic rings. The molecular weight excluding hydrogens is 276 g/mol. The topological polar surface area (TPSA) is 0 Å². The zero-order chi connectivity index (χ0) is 15.7. The molecule has 0 spiro atoms. The summed E-state index contributed by atoms with van der Waals surface area (Å²) >= 11 is 6.28. The summed E-state index contributed by atoms with van der Waals surface area (Å²) in [6.07, 6.45) is 12.5. The van der Waals surface area contributed by atoms with Crippen LogP contribution in [0.5, 0.6) is 0 Å². The van der Waals surface area contributed by atoms with Crippen LogP contribution in [0.2, 0.25) is 0 Å². The largest absolute Gasteiger partial charge is 0.123 e. The first-order valence-corrected chi connectivity index (χ1v) is 9.76. The van der Waals surface area contributed by atoms with Gasteiger partial charge in [-0.05, 0) is 73.5 Å². The molecule has 0 unspecified atom stereocenters. The van der Waals surface area contributed by atoms with E-state index in [1.165, 1.54) is 57.8 Å². The Labute approximate surface area is 138 Å². The fraction of sp³-hybridized carbons (Fsp3) is 1.00. The van der Waals surface area contributed by atoms with Crippen molar-refractivity contribution in [3.8, 4) is 0 Å². The lowest BCUT2D eigenvalue weighted by Gasteiger charge is -2.43. The molecule has 0 radical (unpaired) electrons. The van der Waals surface area contributed by atoms with Crippen molar-refractivity contribution in [1.29, 1.82) is 0 Å². The van der Waals surface area contributed by atoms with Gasteiger partial charge in [-0.15, -0.1) is 11.6 Å². The Morgan fingerprint density at radius 2 is 1.19 bits per heavy atom. The number of hydrogen-bond acceptors (Lipinski definition) is 0. The maximum absolute atomic E-state index is 6.28. The number of halogens is 1. The molecule has 21 heavy (non-hydrogen) atoms. The van der Waals surface area contributed by atoms with E-state index in [-0.39, 0.29) is 0 Å². The van der Waals surface area contributed by atoms with Crippen LogP contribution in [0.25, 0.3) is 0 Å². The normalized spacial score (nSPS) is 35.7. The third-order valence-corrected chi connectivity index (χ3v) is 7.08. The molecule has 0 aromatic heterocycles. The van der Waals surface area contributed by atoms with Crippen molar-refractivity contribution in [2.24, 2.45) is 28.6 Å². The van der Waals surface area contributed by atoms with Gasteiger partial charge in [-0.1, -0.05) is 47.5 Å². The zero-order valence-electron chi connectivity index (χ0n) is 15.1. The van der Waals surface area contributed by atoms with Gasteiger partial charge in [-0.2, -0.15) is 0 Å². The lowest BCUT2D eigenvalue weighted by atomic mass is 9.63. The van der Waals surface area contributed by atoms with Crippen LogP contribution < -0.4 is 0 Å². The average Bonchev–Trinajstić information content (AvgIpc) is 2.38. The summed E-state index contributed by atoms with van der Waals surface area (Å²) in [7, 11) is 0. The quantitative estimate of drug-likeness (QED) is 0.490. The van der Waals surface area contributed by atoms with Gasteiger partial charge in [0.2, 0.25) is 0 Å². The minimum absolute atomic E-state index is 0.458. The van der Waals surface area contributed by atoms with E-state index in [4.69, 9.17) is 11.6 Å². The fourth-order valence-corrected chi connectivity index (χ4v) is 5.23. The van der Waals surface area contributed by atoms with Gasteiger partial charge in [0.05, 0.1) is 0 Å². The van der Waals surface area contributed by atoms with Crippen LogP contribution >= 0.6 is 11.6 Å². The van der Waals surface area contributed by atoms with Gasteiger partial charge in [0, 0.05) is 5.38 Å².